The zero-order valence-corrected chi connectivity index (χ0v) is 15.0. The van der Waals surface area contributed by atoms with Crippen LogP contribution < -0.4 is 0 Å². The molecule has 0 rings (SSSR count). The quantitative estimate of drug-likeness (QED) is 0.270. The van der Waals surface area contributed by atoms with Gasteiger partial charge in [0.2, 0.25) is 0 Å². The minimum atomic E-state index is -5.99. The lowest BCUT2D eigenvalue weighted by atomic mass is 10.1. The van der Waals surface area contributed by atoms with Crippen LogP contribution in [-0.2, 0) is 38.1 Å². The van der Waals surface area contributed by atoms with Crippen molar-refractivity contribution in [3.63, 3.8) is 0 Å². The summed E-state index contributed by atoms with van der Waals surface area (Å²) in [4.78, 5) is 0. The van der Waals surface area contributed by atoms with Crippen LogP contribution in [0.5, 0.6) is 0 Å². The van der Waals surface area contributed by atoms with E-state index < -0.39 is 69.5 Å². The molecule has 0 fully saturated rings. The largest absolute Gasteiger partial charge is 0.523 e. The number of hydrogen-bond donors (Lipinski definition) is 0. The van der Waals surface area contributed by atoms with Gasteiger partial charge in [-0.15, -0.1) is 0 Å². The molecule has 26 heavy (non-hydrogen) atoms. The molecular weight excluding hydrogens is 426 g/mol. The monoisotopic (exact) mass is 442 g/mol. The molecule has 16 heteroatoms. The van der Waals surface area contributed by atoms with E-state index in [1.807, 2.05) is 0 Å². The Kier molecular flexibility index (Phi) is 9.25. The average Bonchev–Trinajstić information content (AvgIpc) is 2.42. The summed E-state index contributed by atoms with van der Waals surface area (Å²) in [6.07, 6.45) is -4.76. The predicted molar refractivity (Wildman–Crippen MR) is 72.7 cm³/mol. The zero-order chi connectivity index (χ0) is 20.8. The van der Waals surface area contributed by atoms with Gasteiger partial charge in [-0.25, -0.2) is 0 Å². The van der Waals surface area contributed by atoms with Crippen LogP contribution in [-0.4, -0.2) is 67.5 Å². The molecule has 0 aliphatic carbocycles. The maximum absolute atomic E-state index is 12.3. The van der Waals surface area contributed by atoms with E-state index in [0.29, 0.717) is 0 Å². The van der Waals surface area contributed by atoms with Crippen molar-refractivity contribution in [1.82, 2.24) is 0 Å². The van der Waals surface area contributed by atoms with Crippen LogP contribution in [0.1, 0.15) is 12.8 Å². The molecule has 0 aliphatic heterocycles. The number of hydrogen-bond acceptors (Lipinski definition) is 8. The van der Waals surface area contributed by atoms with Gasteiger partial charge in [0.1, 0.15) is 12.2 Å². The van der Waals surface area contributed by atoms with Gasteiger partial charge in [-0.1, -0.05) is 0 Å². The van der Waals surface area contributed by atoms with Crippen molar-refractivity contribution in [1.29, 1.82) is 0 Å². The summed E-state index contributed by atoms with van der Waals surface area (Å²) in [5, 5.41) is 0. The van der Waals surface area contributed by atoms with Crippen molar-refractivity contribution in [3.8, 4) is 0 Å². The first-order valence-corrected chi connectivity index (χ1v) is 9.36. The highest BCUT2D eigenvalue weighted by atomic mass is 32.2. The van der Waals surface area contributed by atoms with Gasteiger partial charge in [0.25, 0.3) is 0 Å². The van der Waals surface area contributed by atoms with E-state index in [1.165, 1.54) is 0 Å². The van der Waals surface area contributed by atoms with Crippen molar-refractivity contribution < 1.29 is 61.0 Å². The van der Waals surface area contributed by atoms with Gasteiger partial charge in [-0.3, -0.25) is 8.37 Å². The molecule has 0 aromatic carbocycles. The summed E-state index contributed by atoms with van der Waals surface area (Å²) in [6, 6.07) is 0. The minimum Gasteiger partial charge on any atom is -0.382 e. The molecule has 158 valence electrons. The highest BCUT2D eigenvalue weighted by molar-refractivity contribution is 7.87. The van der Waals surface area contributed by atoms with Crippen LogP contribution in [0.25, 0.3) is 0 Å². The second-order valence-electron chi connectivity index (χ2n) is 4.72. The molecule has 0 aliphatic rings. The summed E-state index contributed by atoms with van der Waals surface area (Å²) in [5.74, 6) is 0. The standard InChI is InChI=1S/C10H16F6O8S2/c1-21-5-7(23-25(17,18)9(11,12)13)3-4-8(6-22-2)24-26(19,20)10(14,15)16/h7-8H,3-6H2,1-2H3/t7-,8+. The Balaban J connectivity index is 5.11. The normalized spacial score (nSPS) is 16.5. The SMILES string of the molecule is COC[C@@H](CC[C@@H](COC)OS(=O)(=O)C(F)(F)F)OS(=O)(=O)C(F)(F)F. The molecule has 0 aromatic heterocycles. The second kappa shape index (κ2) is 9.50. The van der Waals surface area contributed by atoms with Gasteiger partial charge in [0.05, 0.1) is 13.2 Å². The molecule has 0 saturated carbocycles. The van der Waals surface area contributed by atoms with Crippen molar-refractivity contribution in [2.75, 3.05) is 27.4 Å². The van der Waals surface area contributed by atoms with Crippen LogP contribution in [0.2, 0.25) is 0 Å². The Morgan fingerprint density at radius 1 is 0.692 bits per heavy atom. The molecule has 0 unspecified atom stereocenters. The predicted octanol–water partition coefficient (Wildman–Crippen LogP) is 1.53. The van der Waals surface area contributed by atoms with E-state index in [0.717, 1.165) is 14.2 Å². The minimum absolute atomic E-state index is 0.634. The fourth-order valence-corrected chi connectivity index (χ4v) is 2.77. The maximum Gasteiger partial charge on any atom is 0.523 e. The van der Waals surface area contributed by atoms with E-state index in [1.54, 1.807) is 0 Å². The first-order valence-electron chi connectivity index (χ1n) is 6.54. The van der Waals surface area contributed by atoms with Gasteiger partial charge in [-0.05, 0) is 12.8 Å². The third-order valence-electron chi connectivity index (χ3n) is 2.61. The van der Waals surface area contributed by atoms with Gasteiger partial charge in [0, 0.05) is 14.2 Å². The Hall–Kier alpha value is -0.680. The van der Waals surface area contributed by atoms with Crippen molar-refractivity contribution in [2.45, 2.75) is 36.1 Å². The topological polar surface area (TPSA) is 105 Å². The van der Waals surface area contributed by atoms with E-state index >= 15 is 0 Å². The summed E-state index contributed by atoms with van der Waals surface area (Å²) in [7, 11) is -9.96. The average molecular weight is 442 g/mol. The van der Waals surface area contributed by atoms with E-state index in [4.69, 9.17) is 0 Å². The van der Waals surface area contributed by atoms with Crippen LogP contribution in [0.15, 0.2) is 0 Å². The highest BCUT2D eigenvalue weighted by Gasteiger charge is 2.50. The lowest BCUT2D eigenvalue weighted by Crippen LogP contribution is -2.35. The Morgan fingerprint density at radius 3 is 1.15 bits per heavy atom. The smallest absolute Gasteiger partial charge is 0.382 e. The van der Waals surface area contributed by atoms with E-state index in [2.05, 4.69) is 17.8 Å². The Bertz CT molecular complexity index is 571. The third-order valence-corrected chi connectivity index (χ3v) is 4.79. The molecular formula is C10H16F6O8S2. The summed E-state index contributed by atoms with van der Waals surface area (Å²) >= 11 is 0. The zero-order valence-electron chi connectivity index (χ0n) is 13.3. The lowest BCUT2D eigenvalue weighted by Gasteiger charge is -2.21. The van der Waals surface area contributed by atoms with Crippen LogP contribution >= 0.6 is 0 Å². The highest BCUT2D eigenvalue weighted by Crippen LogP contribution is 2.29. The number of ether oxygens (including phenoxy) is 2. The first-order chi connectivity index (χ1) is 11.6. The number of rotatable bonds is 11. The maximum atomic E-state index is 12.3. The lowest BCUT2D eigenvalue weighted by molar-refractivity contribution is -0.0640. The molecule has 0 spiro atoms. The molecule has 8 nitrogen and oxygen atoms in total. The summed E-state index contributed by atoms with van der Waals surface area (Å²) < 4.78 is 134. The molecule has 0 heterocycles. The van der Waals surface area contributed by atoms with Crippen LogP contribution in [0.4, 0.5) is 26.3 Å². The number of alkyl halides is 6. The fourth-order valence-electron chi connectivity index (χ4n) is 1.53. The number of halogens is 6. The second-order valence-corrected chi connectivity index (χ2v) is 7.85. The molecule has 0 aromatic rings. The van der Waals surface area contributed by atoms with Crippen LogP contribution in [0, 0.1) is 0 Å². The molecule has 0 saturated heterocycles. The fraction of sp³-hybridized carbons (Fsp3) is 1.00. The van der Waals surface area contributed by atoms with Crippen molar-refractivity contribution >= 4 is 20.2 Å². The van der Waals surface area contributed by atoms with Crippen LogP contribution in [0.3, 0.4) is 0 Å². The van der Waals surface area contributed by atoms with Gasteiger partial charge in [0.15, 0.2) is 0 Å². The molecule has 0 N–H and O–H groups in total. The summed E-state index contributed by atoms with van der Waals surface area (Å²) in [6.45, 7) is -1.33. The van der Waals surface area contributed by atoms with Crippen molar-refractivity contribution in [3.05, 3.63) is 0 Å². The summed E-state index contributed by atoms with van der Waals surface area (Å²) in [5.41, 5.74) is -11.4. The Morgan fingerprint density at radius 2 is 0.962 bits per heavy atom. The molecule has 0 radical (unpaired) electrons. The van der Waals surface area contributed by atoms with E-state index in [9.17, 15) is 43.2 Å². The Labute approximate surface area is 145 Å². The molecule has 2 atom stereocenters. The number of methoxy groups -OCH3 is 2. The third kappa shape index (κ3) is 7.91. The van der Waals surface area contributed by atoms with E-state index in [-0.39, 0.29) is 0 Å². The molecule has 0 amide bonds. The van der Waals surface area contributed by atoms with Gasteiger partial charge >= 0.3 is 31.3 Å². The van der Waals surface area contributed by atoms with Gasteiger partial charge in [-0.2, -0.15) is 43.2 Å². The first kappa shape index (κ1) is 25.3. The molecule has 0 bridgehead atoms. The van der Waals surface area contributed by atoms with Crippen molar-refractivity contribution in [2.24, 2.45) is 0 Å². The van der Waals surface area contributed by atoms with Gasteiger partial charge < -0.3 is 9.47 Å².